The highest BCUT2D eigenvalue weighted by Gasteiger charge is 2.28. The summed E-state index contributed by atoms with van der Waals surface area (Å²) in [6.45, 7) is 4.73. The number of phosphoric acid groups is 1. The number of rotatable bonds is 65. The van der Waals surface area contributed by atoms with Gasteiger partial charge in [0.15, 0.2) is 0 Å². The molecule has 0 saturated carbocycles. The van der Waals surface area contributed by atoms with Crippen molar-refractivity contribution in [2.24, 2.45) is 0 Å². The average molecular weight is 1210 g/mol. The molecule has 3 unspecified atom stereocenters. The van der Waals surface area contributed by atoms with Gasteiger partial charge in [-0.1, -0.05) is 335 Å². The third kappa shape index (κ3) is 68.5. The Bertz CT molecular complexity index is 1760. The molecule has 9 heteroatoms. The van der Waals surface area contributed by atoms with E-state index in [9.17, 15) is 19.4 Å². The van der Waals surface area contributed by atoms with Gasteiger partial charge in [-0.05, 0) is 83.5 Å². The number of nitrogens with one attached hydrogen (secondary N) is 1. The van der Waals surface area contributed by atoms with E-state index in [1.54, 1.807) is 6.08 Å². The minimum absolute atomic E-state index is 0.0594. The van der Waals surface area contributed by atoms with E-state index in [1.165, 1.54) is 205 Å². The Morgan fingerprint density at radius 1 is 0.412 bits per heavy atom. The van der Waals surface area contributed by atoms with Crippen LogP contribution in [0.5, 0.6) is 0 Å². The number of aliphatic hydroxyl groups excluding tert-OH is 1. The normalized spacial score (nSPS) is 14.3. The zero-order chi connectivity index (χ0) is 61.9. The van der Waals surface area contributed by atoms with Crippen LogP contribution in [0, 0.1) is 0 Å². The van der Waals surface area contributed by atoms with Crippen LogP contribution in [0.25, 0.3) is 0 Å². The third-order valence-corrected chi connectivity index (χ3v) is 16.7. The highest BCUT2D eigenvalue weighted by Crippen LogP contribution is 2.43. The molecule has 1 amide bonds. The largest absolute Gasteiger partial charge is 0.472 e. The summed E-state index contributed by atoms with van der Waals surface area (Å²) in [4.78, 5) is 23.4. The predicted molar refractivity (Wildman–Crippen MR) is 373 cm³/mol. The lowest BCUT2D eigenvalue weighted by atomic mass is 10.0. The lowest BCUT2D eigenvalue weighted by molar-refractivity contribution is -0.870. The van der Waals surface area contributed by atoms with E-state index in [-0.39, 0.29) is 19.1 Å². The van der Waals surface area contributed by atoms with Crippen molar-refractivity contribution in [2.45, 2.75) is 328 Å². The highest BCUT2D eigenvalue weighted by molar-refractivity contribution is 7.47. The molecule has 3 N–H and O–H groups in total. The monoisotopic (exact) mass is 1210 g/mol. The van der Waals surface area contributed by atoms with Crippen LogP contribution in [0.3, 0.4) is 0 Å². The summed E-state index contributed by atoms with van der Waals surface area (Å²) in [6, 6.07) is -0.852. The summed E-state index contributed by atoms with van der Waals surface area (Å²) in [5.41, 5.74) is 0. The zero-order valence-corrected chi connectivity index (χ0v) is 57.2. The molecule has 492 valence electrons. The van der Waals surface area contributed by atoms with Gasteiger partial charge in [0, 0.05) is 6.42 Å². The molecule has 0 aromatic heterocycles. The molecular formula is C76H138N2O6P+. The van der Waals surface area contributed by atoms with Crippen molar-refractivity contribution >= 4 is 13.7 Å². The van der Waals surface area contributed by atoms with Gasteiger partial charge in [-0.15, -0.1) is 0 Å². The lowest BCUT2D eigenvalue weighted by Crippen LogP contribution is -2.45. The Balaban J connectivity index is 4.03. The van der Waals surface area contributed by atoms with Crippen molar-refractivity contribution in [3.05, 3.63) is 109 Å². The summed E-state index contributed by atoms with van der Waals surface area (Å²) < 4.78 is 23.8. The molecule has 0 fully saturated rings. The highest BCUT2D eigenvalue weighted by atomic mass is 31.2. The van der Waals surface area contributed by atoms with E-state index >= 15 is 0 Å². The van der Waals surface area contributed by atoms with E-state index in [0.717, 1.165) is 89.9 Å². The van der Waals surface area contributed by atoms with Gasteiger partial charge in [0.05, 0.1) is 39.9 Å². The van der Waals surface area contributed by atoms with Gasteiger partial charge in [0.1, 0.15) is 13.2 Å². The van der Waals surface area contributed by atoms with E-state index in [1.807, 2.05) is 27.2 Å². The first-order valence-electron chi connectivity index (χ1n) is 35.8. The Labute approximate surface area is 527 Å². The number of hydrogen-bond acceptors (Lipinski definition) is 5. The number of amides is 1. The molecule has 0 bridgehead atoms. The molecule has 0 saturated heterocycles. The molecule has 0 aliphatic heterocycles. The molecule has 0 aliphatic rings. The van der Waals surface area contributed by atoms with Crippen LogP contribution in [0.2, 0.25) is 0 Å². The molecule has 0 aromatic carbocycles. The maximum absolute atomic E-state index is 13.1. The first kappa shape index (κ1) is 82.2. The Kier molecular flexibility index (Phi) is 63.4. The molecule has 85 heavy (non-hydrogen) atoms. The van der Waals surface area contributed by atoms with Gasteiger partial charge in [0.25, 0.3) is 0 Å². The standard InChI is InChI=1S/C76H137N2O6P/c1-6-8-10-12-14-16-18-20-22-24-26-28-30-31-32-33-34-35-36-37-38-39-40-41-42-43-44-45-46-47-48-50-52-54-56-58-60-62-64-66-68-70-76(80)77-74(73-84-85(81,82)83-72-71-78(3,4)5)75(79)69-67-65-63-61-59-57-55-53-51-49-29-27-25-23-21-19-17-15-13-11-9-7-2/h8,10,14,16,20,22,26,28,31-32,34-35,37-38,40-41,67,69,74-75,79H,6-7,9,11-13,15,17-19,21,23-25,27,29-30,33,36,39,42-66,68,70-73H2,1-5H3,(H-,77,80,81,82)/p+1/b10-8-,16-14-,22-20-,28-26-,32-31-,35-34-,38-37-,41-40-,69-67+. The van der Waals surface area contributed by atoms with E-state index < -0.39 is 20.0 Å². The summed E-state index contributed by atoms with van der Waals surface area (Å²) >= 11 is 0. The number of allylic oxidation sites excluding steroid dienone is 17. The Morgan fingerprint density at radius 2 is 0.706 bits per heavy atom. The van der Waals surface area contributed by atoms with Crippen LogP contribution in [0.1, 0.15) is 316 Å². The number of phosphoric ester groups is 1. The lowest BCUT2D eigenvalue weighted by Gasteiger charge is -2.25. The topological polar surface area (TPSA) is 105 Å². The van der Waals surface area contributed by atoms with Crippen molar-refractivity contribution < 1.29 is 32.9 Å². The quantitative estimate of drug-likeness (QED) is 0.0243. The van der Waals surface area contributed by atoms with E-state index in [0.29, 0.717) is 17.4 Å². The second-order valence-corrected chi connectivity index (χ2v) is 26.7. The maximum atomic E-state index is 13.1. The van der Waals surface area contributed by atoms with Crippen LogP contribution in [-0.2, 0) is 18.4 Å². The summed E-state index contributed by atoms with van der Waals surface area (Å²) in [5, 5.41) is 14.0. The van der Waals surface area contributed by atoms with Gasteiger partial charge in [-0.25, -0.2) is 4.57 Å². The fourth-order valence-electron chi connectivity index (χ4n) is 10.2. The second kappa shape index (κ2) is 65.6. The number of aliphatic hydroxyl groups is 1. The summed E-state index contributed by atoms with van der Waals surface area (Å²) in [5.74, 6) is -0.176. The molecule has 8 nitrogen and oxygen atoms in total. The Morgan fingerprint density at radius 3 is 1.04 bits per heavy atom. The van der Waals surface area contributed by atoms with E-state index in [2.05, 4.69) is 116 Å². The van der Waals surface area contributed by atoms with Crippen LogP contribution in [0.4, 0.5) is 0 Å². The van der Waals surface area contributed by atoms with Crippen LogP contribution in [-0.4, -0.2) is 73.4 Å². The molecule has 0 heterocycles. The van der Waals surface area contributed by atoms with Gasteiger partial charge >= 0.3 is 7.82 Å². The second-order valence-electron chi connectivity index (χ2n) is 25.2. The number of unbranched alkanes of at least 4 members (excludes halogenated alkanes) is 36. The summed E-state index contributed by atoms with van der Waals surface area (Å²) in [6.07, 6.45) is 96.6. The molecule has 0 aromatic rings. The van der Waals surface area contributed by atoms with Crippen molar-refractivity contribution in [3.63, 3.8) is 0 Å². The van der Waals surface area contributed by atoms with Gasteiger partial charge in [-0.2, -0.15) is 0 Å². The zero-order valence-electron chi connectivity index (χ0n) is 56.3. The smallest absolute Gasteiger partial charge is 0.387 e. The number of carbonyl (C=O) groups is 1. The minimum Gasteiger partial charge on any atom is -0.387 e. The SMILES string of the molecule is CC/C=C\C/C=C\C/C=C\C/C=C\C/C=C\C/C=C\C/C=C\C/C=C\CCCCCCCCCCCCCCCCCCC(=O)NC(COP(=O)(O)OCC[N+](C)(C)C)C(O)/C=C/CCCCCCCCCCCCCCCCCCCCCC. The van der Waals surface area contributed by atoms with Crippen LogP contribution in [0.15, 0.2) is 109 Å². The molecule has 0 spiro atoms. The first-order chi connectivity index (χ1) is 41.5. The van der Waals surface area contributed by atoms with Crippen molar-refractivity contribution in [1.29, 1.82) is 0 Å². The van der Waals surface area contributed by atoms with Crippen molar-refractivity contribution in [3.8, 4) is 0 Å². The number of likely N-dealkylation sites (N-methyl/N-ethyl adjacent to an activating group) is 1. The number of carbonyl (C=O) groups excluding carboxylic acids is 1. The molecule has 3 atom stereocenters. The fraction of sp³-hybridized carbons (Fsp3) is 0.750. The Hall–Kier alpha value is -2.84. The average Bonchev–Trinajstić information content (AvgIpc) is 3.48. The molecule has 0 radical (unpaired) electrons. The maximum Gasteiger partial charge on any atom is 0.472 e. The predicted octanol–water partition coefficient (Wildman–Crippen LogP) is 23.1. The number of quaternary nitrogens is 1. The summed E-state index contributed by atoms with van der Waals surface area (Å²) in [7, 11) is 1.57. The van der Waals surface area contributed by atoms with Gasteiger partial charge in [-0.3, -0.25) is 13.8 Å². The minimum atomic E-state index is -4.36. The van der Waals surface area contributed by atoms with Crippen molar-refractivity contribution in [1.82, 2.24) is 5.32 Å². The molecule has 0 rings (SSSR count). The third-order valence-electron chi connectivity index (χ3n) is 15.7. The molecule has 0 aliphatic carbocycles. The van der Waals surface area contributed by atoms with Gasteiger partial charge in [0.2, 0.25) is 5.91 Å². The fourth-order valence-corrected chi connectivity index (χ4v) is 11.0. The van der Waals surface area contributed by atoms with Crippen LogP contribution < -0.4 is 5.32 Å². The van der Waals surface area contributed by atoms with E-state index in [4.69, 9.17) is 9.05 Å². The van der Waals surface area contributed by atoms with Gasteiger partial charge < -0.3 is 19.8 Å². The molecular weight excluding hydrogens is 1070 g/mol. The van der Waals surface area contributed by atoms with Crippen LogP contribution >= 0.6 is 7.82 Å². The van der Waals surface area contributed by atoms with Crippen molar-refractivity contribution in [2.75, 3.05) is 40.9 Å². The number of nitrogens with zero attached hydrogens (tertiary/aromatic N) is 1. The number of hydrogen-bond donors (Lipinski definition) is 3. The first-order valence-corrected chi connectivity index (χ1v) is 37.3.